The first-order valence-corrected chi connectivity index (χ1v) is 6.68. The molecule has 2 aromatic carbocycles. The minimum absolute atomic E-state index is 0.596. The molecule has 0 spiro atoms. The third-order valence-electron chi connectivity index (χ3n) is 2.59. The number of ether oxygens (including phenoxy) is 1. The van der Waals surface area contributed by atoms with Crippen molar-refractivity contribution in [2.45, 2.75) is 13.2 Å². The molecule has 0 saturated carbocycles. The van der Waals surface area contributed by atoms with Crippen molar-refractivity contribution in [1.29, 1.82) is 0 Å². The maximum Gasteiger partial charge on any atom is 0.119 e. The van der Waals surface area contributed by atoms with Gasteiger partial charge in [0.1, 0.15) is 12.4 Å². The van der Waals surface area contributed by atoms with Crippen molar-refractivity contribution >= 4 is 15.9 Å². The highest BCUT2D eigenvalue weighted by Gasteiger charge is 1.98. The van der Waals surface area contributed by atoms with Gasteiger partial charge in [0.05, 0.1) is 0 Å². The Morgan fingerprint density at radius 1 is 1.06 bits per heavy atom. The summed E-state index contributed by atoms with van der Waals surface area (Å²) in [5.74, 6) is 0.886. The molecule has 0 aliphatic carbocycles. The highest BCUT2D eigenvalue weighted by molar-refractivity contribution is 9.10. The van der Waals surface area contributed by atoms with Crippen LogP contribution in [0.4, 0.5) is 0 Å². The predicted octanol–water partition coefficient (Wildman–Crippen LogP) is 3.75. The van der Waals surface area contributed by atoms with Crippen molar-refractivity contribution in [3.63, 3.8) is 0 Å². The van der Waals surface area contributed by atoms with Gasteiger partial charge in [-0.3, -0.25) is 0 Å². The maximum atomic E-state index is 5.74. The van der Waals surface area contributed by atoms with Gasteiger partial charge in [-0.15, -0.1) is 0 Å². The second kappa shape index (κ2) is 6.57. The monoisotopic (exact) mass is 305 g/mol. The normalized spacial score (nSPS) is 10.3. The van der Waals surface area contributed by atoms with Crippen LogP contribution in [0.2, 0.25) is 0 Å². The maximum absolute atomic E-state index is 5.74. The highest BCUT2D eigenvalue weighted by Crippen LogP contribution is 2.17. The van der Waals surface area contributed by atoms with Crippen molar-refractivity contribution in [2.24, 2.45) is 0 Å². The van der Waals surface area contributed by atoms with Gasteiger partial charge in [-0.05, 0) is 42.4 Å². The Hall–Kier alpha value is -1.32. The van der Waals surface area contributed by atoms with E-state index in [9.17, 15) is 0 Å². The second-order valence-corrected chi connectivity index (χ2v) is 5.01. The van der Waals surface area contributed by atoms with Gasteiger partial charge in [-0.25, -0.2) is 0 Å². The second-order valence-electron chi connectivity index (χ2n) is 4.09. The molecule has 0 fully saturated rings. The fraction of sp³-hybridized carbons (Fsp3) is 0.200. The van der Waals surface area contributed by atoms with E-state index in [2.05, 4.69) is 45.5 Å². The summed E-state index contributed by atoms with van der Waals surface area (Å²) in [4.78, 5) is 0. The average Bonchev–Trinajstić information content (AvgIpc) is 2.39. The lowest BCUT2D eigenvalue weighted by Crippen LogP contribution is -2.05. The molecular formula is C15H16BrNO. The molecular weight excluding hydrogens is 290 g/mol. The zero-order valence-electron chi connectivity index (χ0n) is 10.3. The van der Waals surface area contributed by atoms with E-state index in [0.29, 0.717) is 6.61 Å². The van der Waals surface area contributed by atoms with Crippen LogP contribution in [0.25, 0.3) is 0 Å². The molecule has 2 aromatic rings. The van der Waals surface area contributed by atoms with Gasteiger partial charge in [0.15, 0.2) is 0 Å². The summed E-state index contributed by atoms with van der Waals surface area (Å²) in [6, 6.07) is 16.3. The molecule has 0 aliphatic rings. The van der Waals surface area contributed by atoms with Crippen LogP contribution in [-0.4, -0.2) is 7.05 Å². The fourth-order valence-corrected chi connectivity index (χ4v) is 2.00. The Morgan fingerprint density at radius 2 is 1.78 bits per heavy atom. The van der Waals surface area contributed by atoms with Gasteiger partial charge >= 0.3 is 0 Å². The molecule has 94 valence electrons. The highest BCUT2D eigenvalue weighted by atomic mass is 79.9. The molecule has 0 saturated heterocycles. The van der Waals surface area contributed by atoms with Gasteiger partial charge in [0, 0.05) is 11.0 Å². The van der Waals surface area contributed by atoms with Crippen LogP contribution in [0, 0.1) is 0 Å². The Balaban J connectivity index is 1.97. The summed E-state index contributed by atoms with van der Waals surface area (Å²) in [7, 11) is 1.95. The molecule has 0 radical (unpaired) electrons. The van der Waals surface area contributed by atoms with E-state index in [1.165, 1.54) is 11.1 Å². The van der Waals surface area contributed by atoms with Gasteiger partial charge in [-0.1, -0.05) is 40.2 Å². The third kappa shape index (κ3) is 3.86. The van der Waals surface area contributed by atoms with Crippen LogP contribution in [0.5, 0.6) is 5.75 Å². The molecule has 0 heterocycles. The number of halogens is 1. The van der Waals surface area contributed by atoms with Crippen molar-refractivity contribution in [3.8, 4) is 5.75 Å². The SMILES string of the molecule is CNCc1cccc(COc2ccc(Br)cc2)c1. The molecule has 2 nitrogen and oxygen atoms in total. The Labute approximate surface area is 116 Å². The summed E-state index contributed by atoms with van der Waals surface area (Å²) in [5, 5.41) is 3.15. The van der Waals surface area contributed by atoms with E-state index in [1.807, 2.05) is 31.3 Å². The Kier molecular flexibility index (Phi) is 4.79. The minimum Gasteiger partial charge on any atom is -0.489 e. The van der Waals surface area contributed by atoms with E-state index >= 15 is 0 Å². The van der Waals surface area contributed by atoms with E-state index in [-0.39, 0.29) is 0 Å². The number of nitrogens with one attached hydrogen (secondary N) is 1. The van der Waals surface area contributed by atoms with Gasteiger partial charge in [0.2, 0.25) is 0 Å². The summed E-state index contributed by atoms with van der Waals surface area (Å²) < 4.78 is 6.80. The first kappa shape index (κ1) is 13.1. The van der Waals surface area contributed by atoms with Crippen LogP contribution in [0.1, 0.15) is 11.1 Å². The van der Waals surface area contributed by atoms with Crippen LogP contribution in [-0.2, 0) is 13.2 Å². The number of hydrogen-bond donors (Lipinski definition) is 1. The Morgan fingerprint density at radius 3 is 2.50 bits per heavy atom. The van der Waals surface area contributed by atoms with Gasteiger partial charge < -0.3 is 10.1 Å². The topological polar surface area (TPSA) is 21.3 Å². The largest absolute Gasteiger partial charge is 0.489 e. The molecule has 0 amide bonds. The van der Waals surface area contributed by atoms with Crippen molar-refractivity contribution in [2.75, 3.05) is 7.05 Å². The van der Waals surface area contributed by atoms with Crippen molar-refractivity contribution < 1.29 is 4.74 Å². The molecule has 0 unspecified atom stereocenters. The summed E-state index contributed by atoms with van der Waals surface area (Å²) >= 11 is 3.41. The molecule has 1 N–H and O–H groups in total. The Bertz CT molecular complexity index is 496. The molecule has 3 heteroatoms. The van der Waals surface area contributed by atoms with Crippen molar-refractivity contribution in [3.05, 3.63) is 64.1 Å². The van der Waals surface area contributed by atoms with Crippen LogP contribution < -0.4 is 10.1 Å². The van der Waals surface area contributed by atoms with Gasteiger partial charge in [-0.2, -0.15) is 0 Å². The smallest absolute Gasteiger partial charge is 0.119 e. The fourth-order valence-electron chi connectivity index (χ4n) is 1.73. The molecule has 0 aliphatic heterocycles. The van der Waals surface area contributed by atoms with E-state index in [1.54, 1.807) is 0 Å². The molecule has 2 rings (SSSR count). The standard InChI is InChI=1S/C15H16BrNO/c1-17-10-12-3-2-4-13(9-12)11-18-15-7-5-14(16)6-8-15/h2-9,17H,10-11H2,1H3. The van der Waals surface area contributed by atoms with E-state index in [0.717, 1.165) is 16.8 Å². The molecule has 18 heavy (non-hydrogen) atoms. The van der Waals surface area contributed by atoms with Crippen LogP contribution in [0.3, 0.4) is 0 Å². The number of benzene rings is 2. The first-order chi connectivity index (χ1) is 8.78. The lowest BCUT2D eigenvalue weighted by molar-refractivity contribution is 0.306. The van der Waals surface area contributed by atoms with Gasteiger partial charge in [0.25, 0.3) is 0 Å². The zero-order valence-corrected chi connectivity index (χ0v) is 11.9. The first-order valence-electron chi connectivity index (χ1n) is 5.89. The number of hydrogen-bond acceptors (Lipinski definition) is 2. The third-order valence-corrected chi connectivity index (χ3v) is 3.12. The van der Waals surface area contributed by atoms with E-state index < -0.39 is 0 Å². The summed E-state index contributed by atoms with van der Waals surface area (Å²) in [6.07, 6.45) is 0. The zero-order chi connectivity index (χ0) is 12.8. The number of rotatable bonds is 5. The van der Waals surface area contributed by atoms with Crippen LogP contribution >= 0.6 is 15.9 Å². The average molecular weight is 306 g/mol. The molecule has 0 aromatic heterocycles. The lowest BCUT2D eigenvalue weighted by atomic mass is 10.1. The van der Waals surface area contributed by atoms with Crippen LogP contribution in [0.15, 0.2) is 53.0 Å². The van der Waals surface area contributed by atoms with Crippen molar-refractivity contribution in [1.82, 2.24) is 5.32 Å². The minimum atomic E-state index is 0.596. The molecule has 0 bridgehead atoms. The lowest BCUT2D eigenvalue weighted by Gasteiger charge is -2.08. The summed E-state index contributed by atoms with van der Waals surface area (Å²) in [6.45, 7) is 1.48. The van der Waals surface area contributed by atoms with E-state index in [4.69, 9.17) is 4.74 Å². The predicted molar refractivity (Wildman–Crippen MR) is 77.7 cm³/mol. The summed E-state index contributed by atoms with van der Waals surface area (Å²) in [5.41, 5.74) is 2.46. The molecule has 0 atom stereocenters. The quantitative estimate of drug-likeness (QED) is 0.908.